The number of rotatable bonds is 4. The first-order valence-corrected chi connectivity index (χ1v) is 6.21. The van der Waals surface area contributed by atoms with E-state index >= 15 is 0 Å². The Hall–Kier alpha value is -1.04. The van der Waals surface area contributed by atoms with Gasteiger partial charge in [0.2, 0.25) is 0 Å². The summed E-state index contributed by atoms with van der Waals surface area (Å²) in [5, 5.41) is 3.28. The van der Waals surface area contributed by atoms with E-state index in [2.05, 4.69) is 10.2 Å². The summed E-state index contributed by atoms with van der Waals surface area (Å²) in [6.07, 6.45) is 1.15. The minimum absolute atomic E-state index is 0. The minimum Gasteiger partial charge on any atom is -0.465 e. The molecule has 19 heavy (non-hydrogen) atoms. The Bertz CT molecular complexity index is 434. The quantitative estimate of drug-likeness (QED) is 0.853. The van der Waals surface area contributed by atoms with Gasteiger partial charge in [-0.25, -0.2) is 4.79 Å². The Kier molecular flexibility index (Phi) is 5.85. The molecule has 1 aromatic rings. The van der Waals surface area contributed by atoms with Gasteiger partial charge in [0.15, 0.2) is 0 Å². The number of carbonyl (C=O) groups is 1. The van der Waals surface area contributed by atoms with Crippen LogP contribution < -0.4 is 5.32 Å². The van der Waals surface area contributed by atoms with Crippen LogP contribution in [0.1, 0.15) is 28.3 Å². The fourth-order valence-electron chi connectivity index (χ4n) is 2.37. The smallest absolute Gasteiger partial charge is 0.341 e. The van der Waals surface area contributed by atoms with Gasteiger partial charge >= 0.3 is 5.97 Å². The Morgan fingerprint density at radius 3 is 2.95 bits per heavy atom. The van der Waals surface area contributed by atoms with Crippen molar-refractivity contribution in [2.24, 2.45) is 0 Å². The highest BCUT2D eigenvalue weighted by molar-refractivity contribution is 5.90. The Balaban J connectivity index is 0.00000180. The van der Waals surface area contributed by atoms with Crippen molar-refractivity contribution in [3.8, 4) is 0 Å². The number of halogens is 1. The number of likely N-dealkylation sites (N-methyl/N-ethyl adjacent to an activating group) is 1. The Morgan fingerprint density at radius 1 is 1.63 bits per heavy atom. The third-order valence-electron chi connectivity index (χ3n) is 3.43. The van der Waals surface area contributed by atoms with E-state index in [1.807, 2.05) is 7.05 Å². The van der Waals surface area contributed by atoms with Crippen molar-refractivity contribution in [3.05, 3.63) is 23.2 Å². The molecule has 1 saturated heterocycles. The molecule has 0 spiro atoms. The van der Waals surface area contributed by atoms with E-state index in [4.69, 9.17) is 9.15 Å². The second kappa shape index (κ2) is 6.93. The highest BCUT2D eigenvalue weighted by Crippen LogP contribution is 2.19. The highest BCUT2D eigenvalue weighted by atomic mass is 35.5. The lowest BCUT2D eigenvalue weighted by Gasteiger charge is -2.13. The number of methoxy groups -OCH3 is 1. The Labute approximate surface area is 119 Å². The molecule has 2 rings (SSSR count). The maximum Gasteiger partial charge on any atom is 0.341 e. The van der Waals surface area contributed by atoms with E-state index in [0.29, 0.717) is 17.4 Å². The molecular formula is C13H21ClN2O3. The van der Waals surface area contributed by atoms with Crippen molar-refractivity contribution in [3.63, 3.8) is 0 Å². The molecule has 1 aliphatic heterocycles. The first-order valence-electron chi connectivity index (χ1n) is 6.21. The van der Waals surface area contributed by atoms with Crippen LogP contribution in [0.3, 0.4) is 0 Å². The molecule has 1 atom stereocenters. The summed E-state index contributed by atoms with van der Waals surface area (Å²) in [6.45, 7) is 4.61. The number of likely N-dealkylation sites (tertiary alicyclic amines) is 1. The maximum absolute atomic E-state index is 11.5. The molecule has 1 aromatic heterocycles. The summed E-state index contributed by atoms with van der Waals surface area (Å²) in [5.74, 6) is 1.11. The van der Waals surface area contributed by atoms with Crippen LogP contribution in [0.5, 0.6) is 0 Å². The summed E-state index contributed by atoms with van der Waals surface area (Å²) < 4.78 is 10.3. The molecule has 0 bridgehead atoms. The molecule has 1 N–H and O–H groups in total. The molecule has 0 amide bonds. The van der Waals surface area contributed by atoms with Gasteiger partial charge in [0.1, 0.15) is 17.1 Å². The van der Waals surface area contributed by atoms with Gasteiger partial charge in [0.05, 0.1) is 13.7 Å². The average molecular weight is 289 g/mol. The van der Waals surface area contributed by atoms with Crippen molar-refractivity contribution in [2.75, 3.05) is 27.2 Å². The van der Waals surface area contributed by atoms with E-state index in [1.54, 1.807) is 13.0 Å². The van der Waals surface area contributed by atoms with Crippen LogP contribution in [0, 0.1) is 6.92 Å². The van der Waals surface area contributed by atoms with Crippen molar-refractivity contribution >= 4 is 18.4 Å². The SMILES string of the molecule is CNC1CCN(Cc2cc(C(=O)OC)c(C)o2)C1.Cl. The van der Waals surface area contributed by atoms with Crippen LogP contribution in [0.15, 0.2) is 10.5 Å². The molecule has 5 nitrogen and oxygen atoms in total. The average Bonchev–Trinajstić information content (AvgIpc) is 2.95. The summed E-state index contributed by atoms with van der Waals surface area (Å²) in [6, 6.07) is 2.34. The van der Waals surface area contributed by atoms with Crippen molar-refractivity contribution in [1.82, 2.24) is 10.2 Å². The van der Waals surface area contributed by atoms with Gasteiger partial charge in [-0.1, -0.05) is 0 Å². The minimum atomic E-state index is -0.336. The molecule has 0 aliphatic carbocycles. The predicted molar refractivity (Wildman–Crippen MR) is 74.8 cm³/mol. The van der Waals surface area contributed by atoms with Crippen LogP contribution >= 0.6 is 12.4 Å². The number of ether oxygens (including phenoxy) is 1. The van der Waals surface area contributed by atoms with E-state index < -0.39 is 0 Å². The molecule has 2 heterocycles. The zero-order chi connectivity index (χ0) is 13.1. The van der Waals surface area contributed by atoms with Crippen molar-refractivity contribution in [2.45, 2.75) is 25.9 Å². The van der Waals surface area contributed by atoms with E-state index in [0.717, 1.165) is 31.8 Å². The number of hydrogen-bond acceptors (Lipinski definition) is 5. The zero-order valence-electron chi connectivity index (χ0n) is 11.6. The topological polar surface area (TPSA) is 54.7 Å². The van der Waals surface area contributed by atoms with E-state index in [1.165, 1.54) is 7.11 Å². The predicted octanol–water partition coefficient (Wildman–Crippen LogP) is 1.59. The molecule has 1 aliphatic rings. The highest BCUT2D eigenvalue weighted by Gasteiger charge is 2.23. The number of furan rings is 1. The van der Waals surface area contributed by atoms with Gasteiger partial charge in [0.25, 0.3) is 0 Å². The first kappa shape index (κ1) is 16.0. The van der Waals surface area contributed by atoms with Gasteiger partial charge in [-0.2, -0.15) is 0 Å². The second-order valence-electron chi connectivity index (χ2n) is 4.68. The van der Waals surface area contributed by atoms with Gasteiger partial charge in [-0.3, -0.25) is 4.90 Å². The van der Waals surface area contributed by atoms with Crippen LogP contribution in [0.25, 0.3) is 0 Å². The normalized spacial score (nSPS) is 19.2. The van der Waals surface area contributed by atoms with Gasteiger partial charge in [-0.05, 0) is 26.5 Å². The number of nitrogens with one attached hydrogen (secondary N) is 1. The van der Waals surface area contributed by atoms with Gasteiger partial charge < -0.3 is 14.5 Å². The molecule has 0 radical (unpaired) electrons. The molecule has 1 unspecified atom stereocenters. The van der Waals surface area contributed by atoms with Gasteiger partial charge in [0, 0.05) is 19.1 Å². The second-order valence-corrected chi connectivity index (χ2v) is 4.68. The first-order chi connectivity index (χ1) is 8.63. The fraction of sp³-hybridized carbons (Fsp3) is 0.615. The Morgan fingerprint density at radius 2 is 2.37 bits per heavy atom. The molecule has 108 valence electrons. The summed E-state index contributed by atoms with van der Waals surface area (Å²) in [7, 11) is 3.37. The van der Waals surface area contributed by atoms with E-state index in [-0.39, 0.29) is 18.4 Å². The third kappa shape index (κ3) is 3.72. The fourth-order valence-corrected chi connectivity index (χ4v) is 2.37. The molecule has 6 heteroatoms. The van der Waals surface area contributed by atoms with Crippen LogP contribution in [0.4, 0.5) is 0 Å². The summed E-state index contributed by atoms with van der Waals surface area (Å²) in [5.41, 5.74) is 0.525. The maximum atomic E-state index is 11.5. The van der Waals surface area contributed by atoms with Crippen molar-refractivity contribution in [1.29, 1.82) is 0 Å². The largest absolute Gasteiger partial charge is 0.465 e. The molecular weight excluding hydrogens is 268 g/mol. The van der Waals surface area contributed by atoms with Crippen LogP contribution in [0.2, 0.25) is 0 Å². The number of esters is 1. The van der Waals surface area contributed by atoms with E-state index in [9.17, 15) is 4.79 Å². The number of carbonyl (C=O) groups excluding carboxylic acids is 1. The monoisotopic (exact) mass is 288 g/mol. The lowest BCUT2D eigenvalue weighted by atomic mass is 10.2. The van der Waals surface area contributed by atoms with Crippen molar-refractivity contribution < 1.29 is 13.9 Å². The summed E-state index contributed by atoms with van der Waals surface area (Å²) in [4.78, 5) is 13.8. The molecule has 0 saturated carbocycles. The molecule has 0 aromatic carbocycles. The lowest BCUT2D eigenvalue weighted by molar-refractivity contribution is 0.0599. The zero-order valence-corrected chi connectivity index (χ0v) is 12.4. The molecule has 1 fully saturated rings. The number of hydrogen-bond donors (Lipinski definition) is 1. The van der Waals surface area contributed by atoms with Crippen LogP contribution in [-0.4, -0.2) is 44.2 Å². The van der Waals surface area contributed by atoms with Crippen LogP contribution in [-0.2, 0) is 11.3 Å². The third-order valence-corrected chi connectivity index (χ3v) is 3.43. The standard InChI is InChI=1S/C13H20N2O3.ClH/c1-9-12(13(16)17-3)6-11(18-9)8-15-5-4-10(7-15)14-2;/h6,10,14H,4-5,7-8H2,1-3H3;1H. The number of aryl methyl sites for hydroxylation is 1. The lowest BCUT2D eigenvalue weighted by Crippen LogP contribution is -2.29. The van der Waals surface area contributed by atoms with Gasteiger partial charge in [-0.15, -0.1) is 12.4 Å². The summed E-state index contributed by atoms with van der Waals surface area (Å²) >= 11 is 0. The number of nitrogens with zero attached hydrogens (tertiary/aromatic N) is 1.